The Labute approximate surface area is 115 Å². The zero-order chi connectivity index (χ0) is 13.9. The van der Waals surface area contributed by atoms with Gasteiger partial charge in [0, 0.05) is 6.54 Å². The average molecular weight is 261 g/mol. The summed E-state index contributed by atoms with van der Waals surface area (Å²) >= 11 is 0. The summed E-state index contributed by atoms with van der Waals surface area (Å²) in [6, 6.07) is 10.4. The van der Waals surface area contributed by atoms with E-state index < -0.39 is 5.54 Å². The average Bonchev–Trinajstić information content (AvgIpc) is 2.36. The monoisotopic (exact) mass is 261 g/mol. The number of nitrogens with zero attached hydrogens (tertiary/aromatic N) is 1. The van der Waals surface area contributed by atoms with Crippen LogP contribution in [0.4, 0.5) is 0 Å². The molecular formula is C15H23N3O. The summed E-state index contributed by atoms with van der Waals surface area (Å²) in [5, 5.41) is 3.00. The van der Waals surface area contributed by atoms with E-state index in [-0.39, 0.29) is 11.9 Å². The highest BCUT2D eigenvalue weighted by molar-refractivity contribution is 5.87. The minimum atomic E-state index is -0.618. The fourth-order valence-electron chi connectivity index (χ4n) is 2.42. The van der Waals surface area contributed by atoms with Gasteiger partial charge in [-0.3, -0.25) is 4.79 Å². The number of carbonyl (C=O) groups is 1. The standard InChI is InChI=1S/C15H23N3O/c1-18(2)13(12-7-4-3-5-8-12)11-17-14(19)15(16)9-6-10-15/h3-5,7-8,13H,6,9-11,16H2,1-2H3,(H,17,19). The number of benzene rings is 1. The predicted molar refractivity (Wildman–Crippen MR) is 76.6 cm³/mol. The first kappa shape index (κ1) is 14.0. The van der Waals surface area contributed by atoms with E-state index in [1.165, 1.54) is 5.56 Å². The number of hydrogen-bond acceptors (Lipinski definition) is 3. The van der Waals surface area contributed by atoms with Crippen LogP contribution in [-0.2, 0) is 4.79 Å². The molecule has 0 radical (unpaired) electrons. The van der Waals surface area contributed by atoms with Gasteiger partial charge in [0.2, 0.25) is 5.91 Å². The molecule has 1 aliphatic rings. The van der Waals surface area contributed by atoms with Crippen LogP contribution in [0.25, 0.3) is 0 Å². The van der Waals surface area contributed by atoms with Gasteiger partial charge in [-0.2, -0.15) is 0 Å². The SMILES string of the molecule is CN(C)C(CNC(=O)C1(N)CCC1)c1ccccc1. The number of carbonyl (C=O) groups excluding carboxylic acids is 1. The first-order chi connectivity index (χ1) is 9.03. The summed E-state index contributed by atoms with van der Waals surface area (Å²) in [5.41, 5.74) is 6.61. The Morgan fingerprint density at radius 2 is 2.00 bits per heavy atom. The molecular weight excluding hydrogens is 238 g/mol. The normalized spacial score (nSPS) is 18.7. The van der Waals surface area contributed by atoms with E-state index in [0.29, 0.717) is 6.54 Å². The molecule has 4 heteroatoms. The van der Waals surface area contributed by atoms with Crippen molar-refractivity contribution in [2.24, 2.45) is 5.73 Å². The van der Waals surface area contributed by atoms with Crippen molar-refractivity contribution in [1.82, 2.24) is 10.2 Å². The Bertz CT molecular complexity index is 426. The molecule has 19 heavy (non-hydrogen) atoms. The van der Waals surface area contributed by atoms with Gasteiger partial charge in [-0.15, -0.1) is 0 Å². The second-order valence-electron chi connectivity index (χ2n) is 5.61. The maximum Gasteiger partial charge on any atom is 0.240 e. The molecule has 0 aliphatic heterocycles. The maximum atomic E-state index is 12.1. The minimum absolute atomic E-state index is 0.0125. The molecule has 1 aromatic rings. The summed E-state index contributed by atoms with van der Waals surface area (Å²) in [6.45, 7) is 0.592. The highest BCUT2D eigenvalue weighted by Gasteiger charge is 2.40. The van der Waals surface area contributed by atoms with Crippen molar-refractivity contribution in [2.75, 3.05) is 20.6 Å². The van der Waals surface area contributed by atoms with Crippen molar-refractivity contribution in [3.05, 3.63) is 35.9 Å². The molecule has 2 rings (SSSR count). The molecule has 0 spiro atoms. The summed E-state index contributed by atoms with van der Waals surface area (Å²) < 4.78 is 0. The zero-order valence-corrected chi connectivity index (χ0v) is 11.7. The Balaban J connectivity index is 1.97. The molecule has 1 atom stereocenters. The molecule has 4 nitrogen and oxygen atoms in total. The van der Waals surface area contributed by atoms with Crippen LogP contribution < -0.4 is 11.1 Å². The van der Waals surface area contributed by atoms with Gasteiger partial charge in [0.05, 0.1) is 11.6 Å². The first-order valence-electron chi connectivity index (χ1n) is 6.81. The van der Waals surface area contributed by atoms with E-state index in [9.17, 15) is 4.79 Å². The number of hydrogen-bond donors (Lipinski definition) is 2. The van der Waals surface area contributed by atoms with Crippen LogP contribution >= 0.6 is 0 Å². The molecule has 0 heterocycles. The molecule has 1 aliphatic carbocycles. The topological polar surface area (TPSA) is 58.4 Å². The Morgan fingerprint density at radius 3 is 2.47 bits per heavy atom. The van der Waals surface area contributed by atoms with Crippen LogP contribution in [0.5, 0.6) is 0 Å². The number of nitrogens with one attached hydrogen (secondary N) is 1. The van der Waals surface area contributed by atoms with Gasteiger partial charge in [-0.05, 0) is 38.9 Å². The van der Waals surface area contributed by atoms with Gasteiger partial charge in [0.1, 0.15) is 0 Å². The van der Waals surface area contributed by atoms with Gasteiger partial charge < -0.3 is 16.0 Å². The van der Waals surface area contributed by atoms with E-state index in [0.717, 1.165) is 19.3 Å². The molecule has 1 fully saturated rings. The molecule has 1 saturated carbocycles. The zero-order valence-electron chi connectivity index (χ0n) is 11.7. The van der Waals surface area contributed by atoms with Crippen LogP contribution in [0.1, 0.15) is 30.9 Å². The van der Waals surface area contributed by atoms with Crippen LogP contribution in [0.3, 0.4) is 0 Å². The van der Waals surface area contributed by atoms with Crippen LogP contribution in [-0.4, -0.2) is 37.0 Å². The van der Waals surface area contributed by atoms with Crippen molar-refractivity contribution in [1.29, 1.82) is 0 Å². The Hall–Kier alpha value is -1.39. The van der Waals surface area contributed by atoms with E-state index in [4.69, 9.17) is 5.73 Å². The number of nitrogens with two attached hydrogens (primary N) is 1. The molecule has 1 aromatic carbocycles. The third-order valence-corrected chi connectivity index (χ3v) is 3.96. The molecule has 1 unspecified atom stereocenters. The predicted octanol–water partition coefficient (Wildman–Crippen LogP) is 1.29. The summed E-state index contributed by atoms with van der Waals surface area (Å²) in [5.74, 6) is -0.0125. The van der Waals surface area contributed by atoms with E-state index in [1.807, 2.05) is 32.3 Å². The van der Waals surface area contributed by atoms with Gasteiger partial charge in [-0.25, -0.2) is 0 Å². The van der Waals surface area contributed by atoms with Crippen molar-refractivity contribution in [3.8, 4) is 0 Å². The van der Waals surface area contributed by atoms with Crippen LogP contribution in [0.15, 0.2) is 30.3 Å². The number of likely N-dealkylation sites (N-methyl/N-ethyl adjacent to an activating group) is 1. The lowest BCUT2D eigenvalue weighted by molar-refractivity contribution is -0.129. The minimum Gasteiger partial charge on any atom is -0.353 e. The van der Waals surface area contributed by atoms with Crippen molar-refractivity contribution in [2.45, 2.75) is 30.8 Å². The molecule has 104 valence electrons. The van der Waals surface area contributed by atoms with Crippen molar-refractivity contribution < 1.29 is 4.79 Å². The molecule has 0 bridgehead atoms. The molecule has 0 aromatic heterocycles. The second-order valence-corrected chi connectivity index (χ2v) is 5.61. The van der Waals surface area contributed by atoms with Gasteiger partial charge >= 0.3 is 0 Å². The summed E-state index contributed by atoms with van der Waals surface area (Å²) in [7, 11) is 4.04. The Kier molecular flexibility index (Phi) is 4.22. The van der Waals surface area contributed by atoms with E-state index in [1.54, 1.807) is 0 Å². The third-order valence-electron chi connectivity index (χ3n) is 3.96. The lowest BCUT2D eigenvalue weighted by atomic mass is 9.77. The smallest absolute Gasteiger partial charge is 0.240 e. The van der Waals surface area contributed by atoms with E-state index >= 15 is 0 Å². The quantitative estimate of drug-likeness (QED) is 0.839. The number of amides is 1. The summed E-state index contributed by atoms with van der Waals surface area (Å²) in [4.78, 5) is 14.2. The largest absolute Gasteiger partial charge is 0.353 e. The van der Waals surface area contributed by atoms with Crippen molar-refractivity contribution in [3.63, 3.8) is 0 Å². The molecule has 0 saturated heterocycles. The lowest BCUT2D eigenvalue weighted by Crippen LogP contribution is -2.59. The Morgan fingerprint density at radius 1 is 1.37 bits per heavy atom. The van der Waals surface area contributed by atoms with Crippen molar-refractivity contribution >= 4 is 5.91 Å². The number of rotatable bonds is 5. The van der Waals surface area contributed by atoms with E-state index in [2.05, 4.69) is 22.3 Å². The van der Waals surface area contributed by atoms with Crippen LogP contribution in [0, 0.1) is 0 Å². The maximum absolute atomic E-state index is 12.1. The molecule has 1 amide bonds. The van der Waals surface area contributed by atoms with Gasteiger partial charge in [0.15, 0.2) is 0 Å². The fraction of sp³-hybridized carbons (Fsp3) is 0.533. The fourth-order valence-corrected chi connectivity index (χ4v) is 2.42. The third kappa shape index (κ3) is 3.14. The summed E-state index contributed by atoms with van der Waals surface area (Å²) in [6.07, 6.45) is 2.66. The van der Waals surface area contributed by atoms with Gasteiger partial charge in [0.25, 0.3) is 0 Å². The van der Waals surface area contributed by atoms with Gasteiger partial charge in [-0.1, -0.05) is 30.3 Å². The molecule has 3 N–H and O–H groups in total. The highest BCUT2D eigenvalue weighted by Crippen LogP contribution is 2.29. The lowest BCUT2D eigenvalue weighted by Gasteiger charge is -2.37. The van der Waals surface area contributed by atoms with Crippen LogP contribution in [0.2, 0.25) is 0 Å². The first-order valence-corrected chi connectivity index (χ1v) is 6.81. The highest BCUT2D eigenvalue weighted by atomic mass is 16.2. The second kappa shape index (κ2) is 5.72.